The minimum Gasteiger partial charge on any atom is -0.462 e. The van der Waals surface area contributed by atoms with E-state index in [1.807, 2.05) is 0 Å². The number of hydrogen-bond donors (Lipinski definition) is 5. The first-order valence-electron chi connectivity index (χ1n) is 14.8. The van der Waals surface area contributed by atoms with Crippen LogP contribution >= 0.6 is 15.6 Å². The monoisotopic (exact) mass is 789 g/mol. The van der Waals surface area contributed by atoms with E-state index in [9.17, 15) is 48.3 Å². The van der Waals surface area contributed by atoms with Crippen molar-refractivity contribution < 1.29 is 94.5 Å². The topological polar surface area (TPSA) is 336 Å². The fraction of sp³-hybridized carbons (Fsp3) is 0.640. The highest BCUT2D eigenvalue weighted by Gasteiger charge is 2.56. The Hall–Kier alpha value is -3.74. The van der Waals surface area contributed by atoms with Gasteiger partial charge < -0.3 is 54.2 Å². The number of phosphoric ester groups is 2. The van der Waals surface area contributed by atoms with E-state index in [4.69, 9.17) is 38.7 Å². The van der Waals surface area contributed by atoms with E-state index in [0.717, 1.165) is 44.9 Å². The van der Waals surface area contributed by atoms with E-state index in [1.165, 1.54) is 0 Å². The molecular formula is C25H34FN5O19P2. The van der Waals surface area contributed by atoms with Gasteiger partial charge in [0.2, 0.25) is 0 Å². The van der Waals surface area contributed by atoms with Crippen LogP contribution in [-0.2, 0) is 70.1 Å². The summed E-state index contributed by atoms with van der Waals surface area (Å²) in [5.74, 6) is -4.03. The molecule has 0 spiro atoms. The number of phosphoric acid groups is 2. The number of imidazole rings is 1. The molecule has 2 fully saturated rings. The highest BCUT2D eigenvalue weighted by Crippen LogP contribution is 2.61. The number of hydrogen-bond acceptors (Lipinski definition) is 21. The van der Waals surface area contributed by atoms with Gasteiger partial charge in [0.1, 0.15) is 42.9 Å². The fourth-order valence-electron chi connectivity index (χ4n) is 5.10. The fourth-order valence-corrected chi connectivity index (χ4v) is 7.26. The number of esters is 4. The third-order valence-electron chi connectivity index (χ3n) is 7.09. The van der Waals surface area contributed by atoms with Crippen LogP contribution in [0.25, 0.3) is 11.2 Å². The first-order chi connectivity index (χ1) is 24.2. The van der Waals surface area contributed by atoms with Gasteiger partial charge in [0.05, 0.1) is 12.9 Å². The van der Waals surface area contributed by atoms with Crippen LogP contribution < -0.4 is 5.73 Å². The van der Waals surface area contributed by atoms with Crippen molar-refractivity contribution in [2.24, 2.45) is 0 Å². The summed E-state index contributed by atoms with van der Waals surface area (Å²) in [5.41, 5.74) is 5.89. The largest absolute Gasteiger partial charge is 0.483 e. The number of carbonyl (C=O) groups is 4. The Morgan fingerprint density at radius 2 is 1.60 bits per heavy atom. The van der Waals surface area contributed by atoms with Crippen LogP contribution in [0.5, 0.6) is 0 Å². The molecule has 290 valence electrons. The molecule has 0 bridgehead atoms. The Balaban J connectivity index is 1.50. The molecule has 0 aromatic carbocycles. The quantitative estimate of drug-likeness (QED) is 0.0843. The second-order valence-electron chi connectivity index (χ2n) is 11.1. The summed E-state index contributed by atoms with van der Waals surface area (Å²) in [5, 5.41) is 21.4. The van der Waals surface area contributed by atoms with Gasteiger partial charge in [-0.05, 0) is 0 Å². The number of rotatable bonds is 14. The minimum atomic E-state index is -5.90. The predicted octanol–water partition coefficient (Wildman–Crippen LogP) is -1.30. The Labute approximate surface area is 291 Å². The third-order valence-corrected chi connectivity index (χ3v) is 9.69. The molecule has 2 aromatic heterocycles. The van der Waals surface area contributed by atoms with Crippen LogP contribution in [0.3, 0.4) is 0 Å². The van der Waals surface area contributed by atoms with Gasteiger partial charge in [-0.1, -0.05) is 0 Å². The zero-order chi connectivity index (χ0) is 38.7. The van der Waals surface area contributed by atoms with Crippen LogP contribution in [0.1, 0.15) is 33.9 Å². The zero-order valence-electron chi connectivity index (χ0n) is 27.4. The summed E-state index contributed by atoms with van der Waals surface area (Å²) in [7, 11) is -11.6. The molecule has 0 aliphatic carbocycles. The minimum absolute atomic E-state index is 0.0269. The van der Waals surface area contributed by atoms with Crippen LogP contribution in [0.4, 0.5) is 10.2 Å². The molecule has 2 aliphatic heterocycles. The number of nitrogen functional groups attached to an aromatic ring is 1. The number of halogens is 1. The van der Waals surface area contributed by atoms with Crippen LogP contribution in [-0.4, -0.2) is 132 Å². The van der Waals surface area contributed by atoms with Gasteiger partial charge in [-0.25, -0.2) is 28.5 Å². The number of nitrogens with zero attached hydrogens (tertiary/aromatic N) is 4. The van der Waals surface area contributed by atoms with Gasteiger partial charge in [-0.2, -0.15) is 4.31 Å². The van der Waals surface area contributed by atoms with Gasteiger partial charge in [-0.3, -0.25) is 32.8 Å². The summed E-state index contributed by atoms with van der Waals surface area (Å²) in [6.07, 6.45) is -17.4. The lowest BCUT2D eigenvalue weighted by atomic mass is 9.94. The van der Waals surface area contributed by atoms with Gasteiger partial charge in [0.25, 0.3) is 0 Å². The number of aliphatic hydroxyl groups excluding tert-OH is 2. The molecule has 52 heavy (non-hydrogen) atoms. The first kappa shape index (κ1) is 41.0. The standard InChI is InChI=1S/C25H34FN5O19P2/c1-9(32)42-5-14(44-10(2)33)19-21(46-12(4)35)20(45-11(3)34)18(37)25(48-19)49-52(40,41)50-51(38,39)43-6-13-15(26)17(36)24(47-13)31-8-30-16-22(27)28-7-29-23(16)31/h7-8,13-15,17-21,24-25,36-37H,5-6H2,1-4H3,(H,38,39)(H,40,41)(H2,27,28,29)/t13-,14-,15?,17?,18?,19?,20-,21-,24-,25+/m1/s1. The second-order valence-corrected chi connectivity index (χ2v) is 14.1. The maximum absolute atomic E-state index is 15.0. The molecule has 4 rings (SSSR count). The summed E-state index contributed by atoms with van der Waals surface area (Å²) in [6.45, 7) is 1.76. The predicted molar refractivity (Wildman–Crippen MR) is 160 cm³/mol. The van der Waals surface area contributed by atoms with Gasteiger partial charge in [-0.15, -0.1) is 0 Å². The maximum Gasteiger partial charge on any atom is 0.483 e. The normalized spacial score (nSPS) is 30.4. The SMILES string of the molecule is CC(=O)OC[C@@H](OC(C)=O)C1O[C@@H](OP(=O)(O)OP(=O)(O)OC[C@H]2O[C@@H](n3cnc4c(N)ncnc43)C(O)C2F)C(O)[C@@H](OC(C)=O)[C@@H]1OC(C)=O. The van der Waals surface area contributed by atoms with E-state index < -0.39 is 114 Å². The average molecular weight is 790 g/mol. The lowest BCUT2D eigenvalue weighted by Gasteiger charge is -2.44. The molecule has 0 amide bonds. The van der Waals surface area contributed by atoms with Gasteiger partial charge in [0, 0.05) is 27.7 Å². The van der Waals surface area contributed by atoms with E-state index in [2.05, 4.69) is 23.8 Å². The number of anilines is 1. The summed E-state index contributed by atoms with van der Waals surface area (Å²) < 4.78 is 86.6. The molecule has 0 radical (unpaired) electrons. The van der Waals surface area contributed by atoms with Crippen LogP contribution in [0.2, 0.25) is 0 Å². The van der Waals surface area contributed by atoms with Crippen molar-refractivity contribution in [1.29, 1.82) is 0 Å². The molecule has 2 saturated heterocycles. The summed E-state index contributed by atoms with van der Waals surface area (Å²) >= 11 is 0. The van der Waals surface area contributed by atoms with E-state index >= 15 is 4.39 Å². The molecule has 27 heteroatoms. The molecule has 6 unspecified atom stereocenters. The summed E-state index contributed by atoms with van der Waals surface area (Å²) in [6, 6.07) is 0. The van der Waals surface area contributed by atoms with Crippen molar-refractivity contribution in [3.05, 3.63) is 12.7 Å². The van der Waals surface area contributed by atoms with Gasteiger partial charge >= 0.3 is 39.5 Å². The Bertz CT molecular complexity index is 1750. The molecule has 4 heterocycles. The first-order valence-corrected chi connectivity index (χ1v) is 17.8. The van der Waals surface area contributed by atoms with Crippen LogP contribution in [0, 0.1) is 0 Å². The van der Waals surface area contributed by atoms with Gasteiger partial charge in [0.15, 0.2) is 48.5 Å². The number of ether oxygens (including phenoxy) is 6. The van der Waals surface area contributed by atoms with Crippen molar-refractivity contribution >= 4 is 56.5 Å². The number of aliphatic hydroxyl groups is 2. The Kier molecular flexibility index (Phi) is 13.0. The molecular weight excluding hydrogens is 755 g/mol. The average Bonchev–Trinajstić information content (AvgIpc) is 3.57. The summed E-state index contributed by atoms with van der Waals surface area (Å²) in [4.78, 5) is 79.6. The van der Waals surface area contributed by atoms with E-state index in [-0.39, 0.29) is 17.0 Å². The lowest BCUT2D eigenvalue weighted by molar-refractivity contribution is -0.299. The highest BCUT2D eigenvalue weighted by molar-refractivity contribution is 7.61. The van der Waals surface area contributed by atoms with Crippen molar-refractivity contribution in [2.75, 3.05) is 18.9 Å². The van der Waals surface area contributed by atoms with Crippen molar-refractivity contribution in [3.63, 3.8) is 0 Å². The number of nitrogens with two attached hydrogens (primary N) is 1. The molecule has 12 atom stereocenters. The number of aromatic nitrogens is 4. The highest BCUT2D eigenvalue weighted by atomic mass is 31.3. The van der Waals surface area contributed by atoms with Crippen molar-refractivity contribution in [3.8, 4) is 0 Å². The Morgan fingerprint density at radius 3 is 2.21 bits per heavy atom. The van der Waals surface area contributed by atoms with Crippen LogP contribution in [0.15, 0.2) is 12.7 Å². The smallest absolute Gasteiger partial charge is 0.462 e. The third kappa shape index (κ3) is 10.0. The maximum atomic E-state index is 15.0. The number of carbonyl (C=O) groups excluding carboxylic acids is 4. The van der Waals surface area contributed by atoms with Crippen molar-refractivity contribution in [1.82, 2.24) is 19.5 Å². The molecule has 2 aromatic rings. The molecule has 2 aliphatic rings. The number of alkyl halides is 1. The zero-order valence-corrected chi connectivity index (χ0v) is 29.2. The van der Waals surface area contributed by atoms with E-state index in [1.54, 1.807) is 0 Å². The van der Waals surface area contributed by atoms with Crippen molar-refractivity contribution in [2.45, 2.75) is 89.1 Å². The Morgan fingerprint density at radius 1 is 0.942 bits per heavy atom. The lowest BCUT2D eigenvalue weighted by Crippen LogP contribution is -2.64. The second kappa shape index (κ2) is 16.5. The molecule has 6 N–H and O–H groups in total. The molecule has 0 saturated carbocycles. The number of fused-ring (bicyclic) bond motifs is 1. The molecule has 24 nitrogen and oxygen atoms in total. The van der Waals surface area contributed by atoms with E-state index in [0.29, 0.717) is 0 Å².